The molecule has 2 N–H and O–H groups in total. The maximum atomic E-state index is 12.3. The van der Waals surface area contributed by atoms with Crippen LogP contribution in [-0.2, 0) is 12.7 Å². The molecule has 0 bridgehead atoms. The second-order valence-electron chi connectivity index (χ2n) is 3.61. The first-order chi connectivity index (χ1) is 7.29. The van der Waals surface area contributed by atoms with Crippen LogP contribution in [0.2, 0.25) is 0 Å². The molecule has 0 atom stereocenters. The van der Waals surface area contributed by atoms with Crippen LogP contribution in [0, 0.1) is 0 Å². The molecule has 1 heterocycles. The summed E-state index contributed by atoms with van der Waals surface area (Å²) in [7, 11) is 0. The van der Waals surface area contributed by atoms with Crippen molar-refractivity contribution in [2.45, 2.75) is 32.6 Å². The van der Waals surface area contributed by atoms with E-state index >= 15 is 0 Å². The quantitative estimate of drug-likeness (QED) is 0.829. The number of halogens is 3. The van der Waals surface area contributed by atoms with Crippen molar-refractivity contribution in [2.75, 3.05) is 0 Å². The largest absolute Gasteiger partial charge is 0.433 e. The molecule has 0 spiro atoms. The van der Waals surface area contributed by atoms with Crippen LogP contribution in [-0.4, -0.2) is 16.0 Å². The van der Waals surface area contributed by atoms with Crippen molar-refractivity contribution in [1.29, 1.82) is 0 Å². The van der Waals surface area contributed by atoms with Crippen LogP contribution in [0.15, 0.2) is 10.9 Å². The van der Waals surface area contributed by atoms with E-state index in [0.29, 0.717) is 6.07 Å². The van der Waals surface area contributed by atoms with Gasteiger partial charge in [-0.15, -0.1) is 0 Å². The van der Waals surface area contributed by atoms with E-state index in [9.17, 15) is 18.0 Å². The van der Waals surface area contributed by atoms with E-state index in [2.05, 4.69) is 15.3 Å². The van der Waals surface area contributed by atoms with Gasteiger partial charge in [-0.2, -0.15) is 13.2 Å². The zero-order chi connectivity index (χ0) is 12.3. The molecule has 0 amide bonds. The van der Waals surface area contributed by atoms with Gasteiger partial charge in [-0.25, -0.2) is 4.98 Å². The van der Waals surface area contributed by atoms with E-state index in [4.69, 9.17) is 0 Å². The number of nitrogens with one attached hydrogen (secondary N) is 2. The van der Waals surface area contributed by atoms with Gasteiger partial charge in [-0.05, 0) is 0 Å². The topological polar surface area (TPSA) is 57.8 Å². The predicted octanol–water partition coefficient (Wildman–Crippen LogP) is 1.29. The van der Waals surface area contributed by atoms with Crippen LogP contribution in [0.5, 0.6) is 0 Å². The van der Waals surface area contributed by atoms with E-state index in [1.54, 1.807) is 0 Å². The average Bonchev–Trinajstić information content (AvgIpc) is 2.12. The Morgan fingerprint density at radius 2 is 2.12 bits per heavy atom. The SMILES string of the molecule is CC(C)NCc1nc(C(F)(F)F)cc(=O)[nH]1. The van der Waals surface area contributed by atoms with Crippen LogP contribution >= 0.6 is 0 Å². The molecule has 0 radical (unpaired) electrons. The lowest BCUT2D eigenvalue weighted by Gasteiger charge is -2.09. The third-order valence-corrected chi connectivity index (χ3v) is 1.76. The molecule has 4 nitrogen and oxygen atoms in total. The van der Waals surface area contributed by atoms with Gasteiger partial charge < -0.3 is 10.3 Å². The van der Waals surface area contributed by atoms with Crippen molar-refractivity contribution in [1.82, 2.24) is 15.3 Å². The molecule has 1 rings (SSSR count). The lowest BCUT2D eigenvalue weighted by Crippen LogP contribution is -2.26. The molecule has 16 heavy (non-hydrogen) atoms. The maximum absolute atomic E-state index is 12.3. The molecule has 0 unspecified atom stereocenters. The van der Waals surface area contributed by atoms with Gasteiger partial charge in [0.25, 0.3) is 5.56 Å². The normalized spacial score (nSPS) is 12.1. The van der Waals surface area contributed by atoms with Crippen molar-refractivity contribution in [3.63, 3.8) is 0 Å². The summed E-state index contributed by atoms with van der Waals surface area (Å²) in [5.41, 5.74) is -1.97. The Kier molecular flexibility index (Phi) is 3.69. The third kappa shape index (κ3) is 3.65. The summed E-state index contributed by atoms with van der Waals surface area (Å²) in [5, 5.41) is 2.87. The van der Waals surface area contributed by atoms with Crippen LogP contribution in [0.25, 0.3) is 0 Å². The number of hydrogen-bond donors (Lipinski definition) is 2. The Morgan fingerprint density at radius 3 is 2.62 bits per heavy atom. The summed E-state index contributed by atoms with van der Waals surface area (Å²) >= 11 is 0. The first-order valence-electron chi connectivity index (χ1n) is 4.70. The number of rotatable bonds is 3. The van der Waals surface area contributed by atoms with E-state index in [1.807, 2.05) is 13.8 Å². The second kappa shape index (κ2) is 4.65. The van der Waals surface area contributed by atoms with Gasteiger partial charge >= 0.3 is 6.18 Å². The van der Waals surface area contributed by atoms with Crippen molar-refractivity contribution in [3.8, 4) is 0 Å². The first kappa shape index (κ1) is 12.7. The molecule has 1 aromatic heterocycles. The third-order valence-electron chi connectivity index (χ3n) is 1.76. The fourth-order valence-electron chi connectivity index (χ4n) is 1.04. The highest BCUT2D eigenvalue weighted by atomic mass is 19.4. The summed E-state index contributed by atoms with van der Waals surface area (Å²) in [6, 6.07) is 0.540. The van der Waals surface area contributed by atoms with Gasteiger partial charge in [0.15, 0.2) is 5.69 Å². The fraction of sp³-hybridized carbons (Fsp3) is 0.556. The van der Waals surface area contributed by atoms with Gasteiger partial charge in [0.05, 0.1) is 6.54 Å². The summed E-state index contributed by atoms with van der Waals surface area (Å²) in [4.78, 5) is 16.6. The van der Waals surface area contributed by atoms with Crippen LogP contribution < -0.4 is 10.9 Å². The molecule has 7 heteroatoms. The minimum Gasteiger partial charge on any atom is -0.309 e. The standard InChI is InChI=1S/C9H12F3N3O/c1-5(2)13-4-7-14-6(9(10,11)12)3-8(16)15-7/h3,5,13H,4H2,1-2H3,(H,14,15,16). The van der Waals surface area contributed by atoms with Crippen LogP contribution in [0.3, 0.4) is 0 Å². The number of nitrogens with zero attached hydrogens (tertiary/aromatic N) is 1. The molecule has 0 aliphatic carbocycles. The minimum absolute atomic E-state index is 0.0199. The molecule has 0 aromatic carbocycles. The molecule has 0 saturated carbocycles. The van der Waals surface area contributed by atoms with Gasteiger partial charge in [-0.1, -0.05) is 13.8 Å². The zero-order valence-corrected chi connectivity index (χ0v) is 8.85. The molecular formula is C9H12F3N3O. The molecular weight excluding hydrogens is 223 g/mol. The highest BCUT2D eigenvalue weighted by Crippen LogP contribution is 2.26. The van der Waals surface area contributed by atoms with Gasteiger partial charge in [0, 0.05) is 12.1 Å². The van der Waals surface area contributed by atoms with Crippen LogP contribution in [0.4, 0.5) is 13.2 Å². The number of alkyl halides is 3. The molecule has 0 aliphatic heterocycles. The van der Waals surface area contributed by atoms with E-state index in [0.717, 1.165) is 0 Å². The second-order valence-corrected chi connectivity index (χ2v) is 3.61. The Balaban J connectivity index is 2.95. The Hall–Kier alpha value is -1.37. The highest BCUT2D eigenvalue weighted by Gasteiger charge is 2.33. The number of H-pyrrole nitrogens is 1. The number of aromatic nitrogens is 2. The average molecular weight is 235 g/mol. The van der Waals surface area contributed by atoms with Crippen molar-refractivity contribution in [2.24, 2.45) is 0 Å². The van der Waals surface area contributed by atoms with Crippen molar-refractivity contribution >= 4 is 0 Å². The lowest BCUT2D eigenvalue weighted by molar-refractivity contribution is -0.141. The van der Waals surface area contributed by atoms with Crippen LogP contribution in [0.1, 0.15) is 25.4 Å². The Morgan fingerprint density at radius 1 is 1.50 bits per heavy atom. The van der Waals surface area contributed by atoms with Gasteiger partial charge in [-0.3, -0.25) is 4.79 Å². The van der Waals surface area contributed by atoms with E-state index in [-0.39, 0.29) is 18.4 Å². The van der Waals surface area contributed by atoms with Crippen molar-refractivity contribution < 1.29 is 13.2 Å². The summed E-state index contributed by atoms with van der Waals surface area (Å²) < 4.78 is 36.9. The highest BCUT2D eigenvalue weighted by molar-refractivity contribution is 5.06. The van der Waals surface area contributed by atoms with E-state index in [1.165, 1.54) is 0 Å². The Labute approximate surface area is 89.9 Å². The predicted molar refractivity (Wildman–Crippen MR) is 51.8 cm³/mol. The monoisotopic (exact) mass is 235 g/mol. The number of aromatic amines is 1. The molecule has 0 aliphatic rings. The van der Waals surface area contributed by atoms with Gasteiger partial charge in [0.1, 0.15) is 5.82 Å². The molecule has 0 fully saturated rings. The summed E-state index contributed by atoms with van der Waals surface area (Å²) in [6.45, 7) is 3.77. The molecule has 90 valence electrons. The summed E-state index contributed by atoms with van der Waals surface area (Å²) in [5.74, 6) is -0.0199. The minimum atomic E-state index is -4.60. The van der Waals surface area contributed by atoms with Gasteiger partial charge in [0.2, 0.25) is 0 Å². The fourth-order valence-corrected chi connectivity index (χ4v) is 1.04. The van der Waals surface area contributed by atoms with E-state index < -0.39 is 17.4 Å². The summed E-state index contributed by atoms with van der Waals surface area (Å²) in [6.07, 6.45) is -4.60. The first-order valence-corrected chi connectivity index (χ1v) is 4.70. The van der Waals surface area contributed by atoms with Crippen molar-refractivity contribution in [3.05, 3.63) is 27.9 Å². The molecule has 0 saturated heterocycles. The number of hydrogen-bond acceptors (Lipinski definition) is 3. The molecule has 1 aromatic rings. The smallest absolute Gasteiger partial charge is 0.309 e. The maximum Gasteiger partial charge on any atom is 0.433 e. The lowest BCUT2D eigenvalue weighted by atomic mass is 10.3. The Bertz CT molecular complexity index is 411. The zero-order valence-electron chi connectivity index (χ0n) is 8.85.